The highest BCUT2D eigenvalue weighted by Gasteiger charge is 2.15. The third-order valence-corrected chi connectivity index (χ3v) is 5.92. The number of carbonyl (C=O) groups excluding carboxylic acids is 2. The number of unbranched alkanes of at least 4 members (excludes halogenated alkanes) is 1. The number of carbonyl (C=O) groups is 2. The van der Waals surface area contributed by atoms with Gasteiger partial charge in [0.25, 0.3) is 0 Å². The van der Waals surface area contributed by atoms with Gasteiger partial charge in [-0.1, -0.05) is 34.6 Å². The van der Waals surface area contributed by atoms with Crippen molar-refractivity contribution in [3.05, 3.63) is 12.2 Å². The van der Waals surface area contributed by atoms with E-state index in [0.717, 1.165) is 18.1 Å². The van der Waals surface area contributed by atoms with Gasteiger partial charge in [-0.25, -0.2) is 4.79 Å². The molecule has 0 radical (unpaired) electrons. The van der Waals surface area contributed by atoms with Crippen molar-refractivity contribution in [2.45, 2.75) is 44.3 Å². The van der Waals surface area contributed by atoms with Crippen LogP contribution in [-0.4, -0.2) is 36.0 Å². The predicted octanol–water partition coefficient (Wildman–Crippen LogP) is 2.94. The van der Waals surface area contributed by atoms with Gasteiger partial charge in [0.2, 0.25) is 5.91 Å². The van der Waals surface area contributed by atoms with Crippen LogP contribution in [0, 0.1) is 0 Å². The first-order valence-corrected chi connectivity index (χ1v) is 9.35. The van der Waals surface area contributed by atoms with E-state index in [9.17, 15) is 9.59 Å². The summed E-state index contributed by atoms with van der Waals surface area (Å²) in [5.74, 6) is 0.884. The van der Waals surface area contributed by atoms with Gasteiger partial charge in [0.15, 0.2) is 0 Å². The minimum absolute atomic E-state index is 0.0322. The highest BCUT2D eigenvalue weighted by atomic mass is 33.1. The van der Waals surface area contributed by atoms with Crippen LogP contribution in [0.15, 0.2) is 12.2 Å². The number of amides is 1. The van der Waals surface area contributed by atoms with E-state index in [2.05, 4.69) is 11.9 Å². The first kappa shape index (κ1) is 17.4. The van der Waals surface area contributed by atoms with Crippen LogP contribution in [0.1, 0.15) is 39.0 Å². The Balaban J connectivity index is 1.92. The van der Waals surface area contributed by atoms with E-state index in [1.165, 1.54) is 18.6 Å². The van der Waals surface area contributed by atoms with E-state index in [0.29, 0.717) is 18.5 Å². The van der Waals surface area contributed by atoms with Gasteiger partial charge in [-0.2, -0.15) is 0 Å². The molecule has 114 valence electrons. The molecular formula is C14H23NO3S2. The van der Waals surface area contributed by atoms with Crippen molar-refractivity contribution < 1.29 is 14.3 Å². The van der Waals surface area contributed by atoms with E-state index in [1.807, 2.05) is 21.6 Å². The Kier molecular flexibility index (Phi) is 8.85. The lowest BCUT2D eigenvalue weighted by Crippen LogP contribution is -2.27. The fraction of sp³-hybridized carbons (Fsp3) is 0.714. The molecule has 1 aliphatic heterocycles. The van der Waals surface area contributed by atoms with Crippen LogP contribution in [-0.2, 0) is 14.3 Å². The second-order valence-electron chi connectivity index (χ2n) is 4.84. The van der Waals surface area contributed by atoms with Crippen LogP contribution in [0.5, 0.6) is 0 Å². The maximum Gasteiger partial charge on any atom is 0.333 e. The molecule has 1 unspecified atom stereocenters. The average molecular weight is 317 g/mol. The topological polar surface area (TPSA) is 55.4 Å². The Labute approximate surface area is 128 Å². The fourth-order valence-corrected chi connectivity index (χ4v) is 4.80. The number of hydrogen-bond donors (Lipinski definition) is 1. The summed E-state index contributed by atoms with van der Waals surface area (Å²) in [4.78, 5) is 22.6. The number of hydrogen-bond acceptors (Lipinski definition) is 5. The molecule has 0 saturated carbocycles. The number of nitrogens with one attached hydrogen (secondary N) is 1. The summed E-state index contributed by atoms with van der Waals surface area (Å²) in [5.41, 5.74) is 0.374. The van der Waals surface area contributed by atoms with Crippen LogP contribution in [0.3, 0.4) is 0 Å². The van der Waals surface area contributed by atoms with Gasteiger partial charge in [0.1, 0.15) is 6.61 Å². The quantitative estimate of drug-likeness (QED) is 0.307. The zero-order valence-corrected chi connectivity index (χ0v) is 13.6. The summed E-state index contributed by atoms with van der Waals surface area (Å²) in [6.07, 6.45) is 5.10. The summed E-state index contributed by atoms with van der Waals surface area (Å²) in [6.45, 7) is 5.66. The van der Waals surface area contributed by atoms with Gasteiger partial charge >= 0.3 is 5.97 Å². The fourth-order valence-electron chi connectivity index (χ4n) is 1.77. The smallest absolute Gasteiger partial charge is 0.333 e. The second-order valence-corrected chi connectivity index (χ2v) is 7.63. The Morgan fingerprint density at radius 3 is 2.85 bits per heavy atom. The van der Waals surface area contributed by atoms with Gasteiger partial charge in [-0.05, 0) is 26.2 Å². The van der Waals surface area contributed by atoms with Crippen LogP contribution >= 0.6 is 21.6 Å². The number of esters is 1. The lowest BCUT2D eigenvalue weighted by molar-refractivity contribution is -0.139. The van der Waals surface area contributed by atoms with Crippen molar-refractivity contribution in [2.24, 2.45) is 0 Å². The molecular weight excluding hydrogens is 294 g/mol. The number of ether oxygens (including phenoxy) is 1. The van der Waals surface area contributed by atoms with Gasteiger partial charge in [0.05, 0.1) is 6.54 Å². The molecule has 1 aliphatic rings. The Morgan fingerprint density at radius 2 is 2.20 bits per heavy atom. The van der Waals surface area contributed by atoms with Crippen molar-refractivity contribution in [2.75, 3.05) is 18.9 Å². The largest absolute Gasteiger partial charge is 0.460 e. The Bertz CT molecular complexity index is 341. The first-order chi connectivity index (χ1) is 9.59. The van der Waals surface area contributed by atoms with Crippen LogP contribution in [0.25, 0.3) is 0 Å². The van der Waals surface area contributed by atoms with Crippen molar-refractivity contribution >= 4 is 33.5 Å². The van der Waals surface area contributed by atoms with E-state index in [4.69, 9.17) is 4.74 Å². The van der Waals surface area contributed by atoms with Crippen molar-refractivity contribution in [1.29, 1.82) is 0 Å². The van der Waals surface area contributed by atoms with Crippen molar-refractivity contribution in [3.8, 4) is 0 Å². The lowest BCUT2D eigenvalue weighted by Gasteiger charge is -2.08. The van der Waals surface area contributed by atoms with Crippen LogP contribution in [0.4, 0.5) is 0 Å². The highest BCUT2D eigenvalue weighted by molar-refractivity contribution is 8.77. The Hall–Kier alpha value is -0.620. The molecule has 0 aromatic carbocycles. The summed E-state index contributed by atoms with van der Waals surface area (Å²) < 4.78 is 4.89. The van der Waals surface area contributed by atoms with Gasteiger partial charge in [-0.15, -0.1) is 0 Å². The minimum Gasteiger partial charge on any atom is -0.460 e. The van der Waals surface area contributed by atoms with E-state index < -0.39 is 5.97 Å². The molecule has 0 aromatic rings. The molecule has 1 N–H and O–H groups in total. The Morgan fingerprint density at radius 1 is 1.40 bits per heavy atom. The molecule has 1 amide bonds. The first-order valence-electron chi connectivity index (χ1n) is 6.97. The minimum atomic E-state index is -0.411. The average Bonchev–Trinajstić information content (AvgIpc) is 2.92. The molecule has 0 aliphatic carbocycles. The van der Waals surface area contributed by atoms with Crippen molar-refractivity contribution in [1.82, 2.24) is 5.32 Å². The monoisotopic (exact) mass is 317 g/mol. The standard InChI is InChI=1S/C14H23NO3S2/c1-11(2)14(17)18-9-8-15-13(16)6-4-3-5-12-7-10-19-20-12/h12H,1,3-10H2,2H3,(H,15,16). The van der Waals surface area contributed by atoms with E-state index in [1.54, 1.807) is 6.92 Å². The molecule has 0 spiro atoms. The summed E-state index contributed by atoms with van der Waals surface area (Å²) >= 11 is 0. The molecule has 1 heterocycles. The van der Waals surface area contributed by atoms with Crippen LogP contribution < -0.4 is 5.32 Å². The normalized spacial score (nSPS) is 17.8. The molecule has 1 atom stereocenters. The molecule has 1 fully saturated rings. The molecule has 0 aromatic heterocycles. The van der Waals surface area contributed by atoms with Gasteiger partial charge in [0, 0.05) is 23.0 Å². The van der Waals surface area contributed by atoms with Gasteiger partial charge in [-0.3, -0.25) is 4.79 Å². The third-order valence-electron chi connectivity index (χ3n) is 2.91. The summed E-state index contributed by atoms with van der Waals surface area (Å²) in [6, 6.07) is 0. The third kappa shape index (κ3) is 7.85. The molecule has 4 nitrogen and oxygen atoms in total. The van der Waals surface area contributed by atoms with E-state index >= 15 is 0 Å². The predicted molar refractivity (Wildman–Crippen MR) is 85.7 cm³/mol. The highest BCUT2D eigenvalue weighted by Crippen LogP contribution is 2.39. The molecule has 20 heavy (non-hydrogen) atoms. The number of rotatable bonds is 9. The SMILES string of the molecule is C=C(C)C(=O)OCCNC(=O)CCCCC1CCSS1. The zero-order valence-electron chi connectivity index (χ0n) is 12.0. The summed E-state index contributed by atoms with van der Waals surface area (Å²) in [7, 11) is 3.94. The molecule has 6 heteroatoms. The maximum atomic E-state index is 11.5. The summed E-state index contributed by atoms with van der Waals surface area (Å²) in [5, 5.41) is 3.53. The second kappa shape index (κ2) is 10.2. The molecule has 1 rings (SSSR count). The zero-order chi connectivity index (χ0) is 14.8. The van der Waals surface area contributed by atoms with Crippen molar-refractivity contribution in [3.63, 3.8) is 0 Å². The van der Waals surface area contributed by atoms with E-state index in [-0.39, 0.29) is 12.5 Å². The maximum absolute atomic E-state index is 11.5. The van der Waals surface area contributed by atoms with Gasteiger partial charge < -0.3 is 10.1 Å². The molecule has 0 bridgehead atoms. The lowest BCUT2D eigenvalue weighted by atomic mass is 10.1. The molecule has 1 saturated heterocycles. The van der Waals surface area contributed by atoms with Crippen LogP contribution in [0.2, 0.25) is 0 Å².